The molecule has 1 N–H and O–H groups in total. The van der Waals surface area contributed by atoms with Crippen LogP contribution in [0.25, 0.3) is 0 Å². The van der Waals surface area contributed by atoms with E-state index in [-0.39, 0.29) is 24.1 Å². The summed E-state index contributed by atoms with van der Waals surface area (Å²) in [4.78, 5) is 11.5. The molecule has 74 valence electrons. The van der Waals surface area contributed by atoms with Crippen molar-refractivity contribution in [3.8, 4) is 0 Å². The minimum absolute atomic E-state index is 0.0396. The number of carbonyl (C=O) groups excluding carboxylic acids is 1. The predicted molar refractivity (Wildman–Crippen MR) is 46.3 cm³/mol. The molecular weight excluding hydrogens is 170 g/mol. The fourth-order valence-corrected chi connectivity index (χ4v) is 2.04. The molecule has 13 heavy (non-hydrogen) atoms. The van der Waals surface area contributed by atoms with Gasteiger partial charge in [-0.15, -0.1) is 0 Å². The second-order valence-electron chi connectivity index (χ2n) is 3.55. The molecule has 2 rings (SSSR count). The molecule has 2 heterocycles. The van der Waals surface area contributed by atoms with E-state index in [1.807, 2.05) is 6.92 Å². The van der Waals surface area contributed by atoms with Gasteiger partial charge in [0, 0.05) is 13.1 Å². The largest absolute Gasteiger partial charge is 0.466 e. The summed E-state index contributed by atoms with van der Waals surface area (Å²) >= 11 is 0. The van der Waals surface area contributed by atoms with Gasteiger partial charge in [0.15, 0.2) is 0 Å². The highest BCUT2D eigenvalue weighted by atomic mass is 16.5. The molecule has 0 aromatic rings. The van der Waals surface area contributed by atoms with Gasteiger partial charge in [-0.3, -0.25) is 4.79 Å². The molecule has 0 aliphatic carbocycles. The zero-order chi connectivity index (χ0) is 9.26. The van der Waals surface area contributed by atoms with Gasteiger partial charge in [0.25, 0.3) is 0 Å². The van der Waals surface area contributed by atoms with E-state index in [9.17, 15) is 4.79 Å². The van der Waals surface area contributed by atoms with Crippen LogP contribution in [-0.2, 0) is 14.3 Å². The quantitative estimate of drug-likeness (QED) is 0.612. The third-order valence-corrected chi connectivity index (χ3v) is 2.64. The summed E-state index contributed by atoms with van der Waals surface area (Å²) < 4.78 is 10.6. The van der Waals surface area contributed by atoms with Crippen molar-refractivity contribution >= 4 is 5.97 Å². The maximum Gasteiger partial charge on any atom is 0.311 e. The first kappa shape index (κ1) is 8.97. The van der Waals surface area contributed by atoms with Crippen molar-refractivity contribution in [1.82, 2.24) is 5.32 Å². The van der Waals surface area contributed by atoms with Crippen molar-refractivity contribution in [3.05, 3.63) is 0 Å². The number of carbonyl (C=O) groups is 1. The van der Waals surface area contributed by atoms with Crippen LogP contribution in [0.4, 0.5) is 0 Å². The van der Waals surface area contributed by atoms with Crippen molar-refractivity contribution in [2.45, 2.75) is 25.6 Å². The van der Waals surface area contributed by atoms with Crippen LogP contribution < -0.4 is 5.32 Å². The van der Waals surface area contributed by atoms with Gasteiger partial charge in [-0.1, -0.05) is 0 Å². The lowest BCUT2D eigenvalue weighted by atomic mass is 10.0. The van der Waals surface area contributed by atoms with Gasteiger partial charge < -0.3 is 14.8 Å². The molecule has 4 heteroatoms. The molecule has 2 aliphatic rings. The Labute approximate surface area is 77.6 Å². The average molecular weight is 185 g/mol. The lowest BCUT2D eigenvalue weighted by molar-refractivity contribution is -0.150. The molecule has 0 amide bonds. The number of morpholine rings is 1. The van der Waals surface area contributed by atoms with Crippen LogP contribution in [-0.4, -0.2) is 37.9 Å². The Bertz CT molecular complexity index is 207. The Kier molecular flexibility index (Phi) is 2.51. The van der Waals surface area contributed by atoms with Crippen molar-refractivity contribution in [2.24, 2.45) is 5.92 Å². The van der Waals surface area contributed by atoms with Crippen LogP contribution in [0.15, 0.2) is 0 Å². The fraction of sp³-hybridized carbons (Fsp3) is 0.889. The highest BCUT2D eigenvalue weighted by Crippen LogP contribution is 2.29. The second-order valence-corrected chi connectivity index (χ2v) is 3.55. The SMILES string of the molecule is CCOC(=O)C1CC2CNCC1O2. The lowest BCUT2D eigenvalue weighted by Crippen LogP contribution is -2.40. The number of esters is 1. The normalized spacial score (nSPS) is 37.5. The van der Waals surface area contributed by atoms with Gasteiger partial charge in [0.2, 0.25) is 0 Å². The van der Waals surface area contributed by atoms with E-state index in [1.54, 1.807) is 0 Å². The summed E-state index contributed by atoms with van der Waals surface area (Å²) in [6, 6.07) is 0. The van der Waals surface area contributed by atoms with E-state index in [4.69, 9.17) is 9.47 Å². The highest BCUT2D eigenvalue weighted by molar-refractivity contribution is 5.73. The molecule has 0 saturated carbocycles. The number of rotatable bonds is 2. The first-order chi connectivity index (χ1) is 6.31. The number of nitrogens with one attached hydrogen (secondary N) is 1. The van der Waals surface area contributed by atoms with E-state index in [0.29, 0.717) is 6.61 Å². The lowest BCUT2D eigenvalue weighted by Gasteiger charge is -2.22. The maximum absolute atomic E-state index is 11.5. The zero-order valence-corrected chi connectivity index (χ0v) is 7.79. The molecule has 2 bridgehead atoms. The first-order valence-corrected chi connectivity index (χ1v) is 4.84. The van der Waals surface area contributed by atoms with Crippen LogP contribution in [0.5, 0.6) is 0 Å². The van der Waals surface area contributed by atoms with Crippen LogP contribution >= 0.6 is 0 Å². The monoisotopic (exact) mass is 185 g/mol. The molecule has 0 radical (unpaired) electrons. The molecule has 3 unspecified atom stereocenters. The number of hydrogen-bond donors (Lipinski definition) is 1. The van der Waals surface area contributed by atoms with Gasteiger partial charge in [0.05, 0.1) is 24.7 Å². The fourth-order valence-electron chi connectivity index (χ4n) is 2.04. The average Bonchev–Trinajstić information content (AvgIpc) is 2.42. The van der Waals surface area contributed by atoms with E-state index in [1.165, 1.54) is 0 Å². The second kappa shape index (κ2) is 3.64. The molecule has 3 atom stereocenters. The van der Waals surface area contributed by atoms with E-state index in [2.05, 4.69) is 5.32 Å². The van der Waals surface area contributed by atoms with E-state index in [0.717, 1.165) is 19.5 Å². The van der Waals surface area contributed by atoms with E-state index >= 15 is 0 Å². The van der Waals surface area contributed by atoms with Gasteiger partial charge in [0.1, 0.15) is 0 Å². The molecule has 0 aromatic heterocycles. The van der Waals surface area contributed by atoms with Crippen LogP contribution in [0.2, 0.25) is 0 Å². The van der Waals surface area contributed by atoms with Gasteiger partial charge >= 0.3 is 5.97 Å². The third kappa shape index (κ3) is 1.69. The van der Waals surface area contributed by atoms with Gasteiger partial charge in [-0.2, -0.15) is 0 Å². The highest BCUT2D eigenvalue weighted by Gasteiger charge is 2.42. The van der Waals surface area contributed by atoms with Crippen molar-refractivity contribution in [2.75, 3.05) is 19.7 Å². The summed E-state index contributed by atoms with van der Waals surface area (Å²) in [5.41, 5.74) is 0. The summed E-state index contributed by atoms with van der Waals surface area (Å²) in [7, 11) is 0. The van der Waals surface area contributed by atoms with Gasteiger partial charge in [-0.05, 0) is 13.3 Å². The standard InChI is InChI=1S/C9H15NO3/c1-2-12-9(11)7-3-6-4-10-5-8(7)13-6/h6-8,10H,2-5H2,1H3. The van der Waals surface area contributed by atoms with Gasteiger partial charge in [-0.25, -0.2) is 0 Å². The molecule has 2 saturated heterocycles. The zero-order valence-electron chi connectivity index (χ0n) is 7.79. The Hall–Kier alpha value is -0.610. The summed E-state index contributed by atoms with van der Waals surface area (Å²) in [5.74, 6) is -0.140. The molecule has 0 spiro atoms. The van der Waals surface area contributed by atoms with Crippen LogP contribution in [0, 0.1) is 5.92 Å². The molecule has 4 nitrogen and oxygen atoms in total. The Morgan fingerprint density at radius 3 is 3.15 bits per heavy atom. The van der Waals surface area contributed by atoms with Crippen molar-refractivity contribution < 1.29 is 14.3 Å². The number of ether oxygens (including phenoxy) is 2. The Balaban J connectivity index is 1.96. The number of hydrogen-bond acceptors (Lipinski definition) is 4. The minimum Gasteiger partial charge on any atom is -0.466 e. The molecule has 0 aromatic carbocycles. The topological polar surface area (TPSA) is 47.6 Å². The van der Waals surface area contributed by atoms with Crippen LogP contribution in [0.3, 0.4) is 0 Å². The van der Waals surface area contributed by atoms with Crippen LogP contribution in [0.1, 0.15) is 13.3 Å². The summed E-state index contributed by atoms with van der Waals surface area (Å²) in [6.45, 7) is 3.94. The number of fused-ring (bicyclic) bond motifs is 2. The summed E-state index contributed by atoms with van der Waals surface area (Å²) in [5, 5.41) is 3.24. The molecular formula is C9H15NO3. The smallest absolute Gasteiger partial charge is 0.311 e. The molecule has 2 fully saturated rings. The van der Waals surface area contributed by atoms with E-state index < -0.39 is 0 Å². The van der Waals surface area contributed by atoms with Crippen molar-refractivity contribution in [3.63, 3.8) is 0 Å². The first-order valence-electron chi connectivity index (χ1n) is 4.84. The molecule has 2 aliphatic heterocycles. The predicted octanol–water partition coefficient (Wildman–Crippen LogP) is -0.0736. The Morgan fingerprint density at radius 2 is 2.46 bits per heavy atom. The minimum atomic E-state index is -0.0984. The Morgan fingerprint density at radius 1 is 1.62 bits per heavy atom. The third-order valence-electron chi connectivity index (χ3n) is 2.64. The van der Waals surface area contributed by atoms with Crippen molar-refractivity contribution in [1.29, 1.82) is 0 Å². The maximum atomic E-state index is 11.5. The summed E-state index contributed by atoms with van der Waals surface area (Å²) in [6.07, 6.45) is 1.07.